The summed E-state index contributed by atoms with van der Waals surface area (Å²) in [6.07, 6.45) is 3.28. The molecule has 0 radical (unpaired) electrons. The van der Waals surface area contributed by atoms with Gasteiger partial charge in [-0.25, -0.2) is 4.98 Å². The van der Waals surface area contributed by atoms with E-state index in [1.807, 2.05) is 0 Å². The van der Waals surface area contributed by atoms with E-state index in [2.05, 4.69) is 9.88 Å². The molecule has 3 rings (SSSR count). The fraction of sp³-hybridized carbons (Fsp3) is 0.733. The first-order chi connectivity index (χ1) is 10.5. The maximum Gasteiger partial charge on any atom is 0.212 e. The highest BCUT2D eigenvalue weighted by atomic mass is 32.1. The van der Waals surface area contributed by atoms with E-state index in [0.29, 0.717) is 11.4 Å². The van der Waals surface area contributed by atoms with E-state index in [-0.39, 0.29) is 11.8 Å². The second-order valence-electron chi connectivity index (χ2n) is 6.28. The standard InChI is InChI=1S/C15H24N4O2S/c1-21-8-7-19-6-4-10-11(9-19)22-14(18-10)13(20)15(17)5-2-3-12(15)16/h12H,2-9,16-17H2,1H3. The number of carbonyl (C=O) groups is 1. The van der Waals surface area contributed by atoms with Crippen molar-refractivity contribution in [1.82, 2.24) is 9.88 Å². The number of aromatic nitrogens is 1. The Labute approximate surface area is 134 Å². The summed E-state index contributed by atoms with van der Waals surface area (Å²) in [6.45, 7) is 3.43. The first-order valence-electron chi connectivity index (χ1n) is 7.83. The zero-order valence-electron chi connectivity index (χ0n) is 13.0. The van der Waals surface area contributed by atoms with Gasteiger partial charge in [0.2, 0.25) is 5.78 Å². The summed E-state index contributed by atoms with van der Waals surface area (Å²) in [6, 6.07) is -0.251. The summed E-state index contributed by atoms with van der Waals surface area (Å²) in [5.41, 5.74) is 12.5. The van der Waals surface area contributed by atoms with Gasteiger partial charge < -0.3 is 16.2 Å². The van der Waals surface area contributed by atoms with Gasteiger partial charge in [-0.3, -0.25) is 9.69 Å². The zero-order valence-corrected chi connectivity index (χ0v) is 13.8. The van der Waals surface area contributed by atoms with Crippen molar-refractivity contribution in [3.8, 4) is 0 Å². The third kappa shape index (κ3) is 2.83. The molecule has 2 atom stereocenters. The Morgan fingerprint density at radius 1 is 1.59 bits per heavy atom. The van der Waals surface area contributed by atoms with Crippen LogP contribution in [0.2, 0.25) is 0 Å². The summed E-state index contributed by atoms with van der Waals surface area (Å²) < 4.78 is 5.13. The topological polar surface area (TPSA) is 94.5 Å². The number of ether oxygens (including phenoxy) is 1. The molecule has 0 aromatic carbocycles. The smallest absolute Gasteiger partial charge is 0.212 e. The SMILES string of the molecule is COCCN1CCc2nc(C(=O)C3(N)CCCC3N)sc2C1. The predicted octanol–water partition coefficient (Wildman–Crippen LogP) is 0.539. The Morgan fingerprint density at radius 2 is 2.41 bits per heavy atom. The minimum atomic E-state index is -0.920. The van der Waals surface area contributed by atoms with Crippen LogP contribution < -0.4 is 11.5 Å². The van der Waals surface area contributed by atoms with Crippen LogP contribution in [-0.2, 0) is 17.7 Å². The number of hydrogen-bond donors (Lipinski definition) is 2. The molecule has 1 aromatic rings. The number of Topliss-reactive ketones (excluding diaryl/α,β-unsaturated/α-hetero) is 1. The van der Waals surface area contributed by atoms with E-state index in [4.69, 9.17) is 16.2 Å². The quantitative estimate of drug-likeness (QED) is 0.768. The largest absolute Gasteiger partial charge is 0.383 e. The Balaban J connectivity index is 1.75. The van der Waals surface area contributed by atoms with Gasteiger partial charge in [-0.15, -0.1) is 11.3 Å². The average molecular weight is 324 g/mol. The molecular weight excluding hydrogens is 300 g/mol. The van der Waals surface area contributed by atoms with Crippen LogP contribution in [0, 0.1) is 0 Å². The molecule has 2 unspecified atom stereocenters. The predicted molar refractivity (Wildman–Crippen MR) is 86.0 cm³/mol. The fourth-order valence-electron chi connectivity index (χ4n) is 3.30. The monoisotopic (exact) mass is 324 g/mol. The molecule has 1 aliphatic heterocycles. The molecule has 0 amide bonds. The van der Waals surface area contributed by atoms with E-state index in [1.54, 1.807) is 7.11 Å². The lowest BCUT2D eigenvalue weighted by molar-refractivity contribution is 0.0879. The van der Waals surface area contributed by atoms with Gasteiger partial charge in [0.25, 0.3) is 0 Å². The molecular formula is C15H24N4O2S. The van der Waals surface area contributed by atoms with Gasteiger partial charge in [0.05, 0.1) is 17.8 Å². The van der Waals surface area contributed by atoms with Crippen LogP contribution in [-0.4, -0.2) is 54.1 Å². The summed E-state index contributed by atoms with van der Waals surface area (Å²) in [5.74, 6) is -0.0691. The van der Waals surface area contributed by atoms with Crippen LogP contribution in [0.5, 0.6) is 0 Å². The van der Waals surface area contributed by atoms with Crippen molar-refractivity contribution in [2.75, 3.05) is 26.8 Å². The number of methoxy groups -OCH3 is 1. The van der Waals surface area contributed by atoms with E-state index in [1.165, 1.54) is 16.2 Å². The molecule has 1 fully saturated rings. The number of hydrogen-bond acceptors (Lipinski definition) is 7. The maximum atomic E-state index is 12.8. The Hall–Kier alpha value is -0.860. The number of nitrogens with zero attached hydrogens (tertiary/aromatic N) is 2. The number of fused-ring (bicyclic) bond motifs is 1. The first kappa shape index (κ1) is 16.0. The highest BCUT2D eigenvalue weighted by molar-refractivity contribution is 7.13. The molecule has 2 heterocycles. The second kappa shape index (κ2) is 6.33. The van der Waals surface area contributed by atoms with E-state index in [0.717, 1.165) is 51.2 Å². The second-order valence-corrected chi connectivity index (χ2v) is 7.36. The van der Waals surface area contributed by atoms with Crippen molar-refractivity contribution in [2.24, 2.45) is 11.5 Å². The van der Waals surface area contributed by atoms with Crippen molar-refractivity contribution < 1.29 is 9.53 Å². The first-order valence-corrected chi connectivity index (χ1v) is 8.65. The summed E-state index contributed by atoms with van der Waals surface area (Å²) in [4.78, 5) is 20.8. The molecule has 22 heavy (non-hydrogen) atoms. The number of ketones is 1. The van der Waals surface area contributed by atoms with Gasteiger partial charge in [0.1, 0.15) is 0 Å². The average Bonchev–Trinajstić information content (AvgIpc) is 3.08. The summed E-state index contributed by atoms with van der Waals surface area (Å²) in [7, 11) is 1.71. The van der Waals surface area contributed by atoms with Crippen LogP contribution in [0.4, 0.5) is 0 Å². The Bertz CT molecular complexity index is 562. The van der Waals surface area contributed by atoms with E-state index >= 15 is 0 Å². The molecule has 1 aromatic heterocycles. The molecule has 0 bridgehead atoms. The number of carbonyl (C=O) groups excluding carboxylic acids is 1. The normalized spacial score (nSPS) is 28.8. The number of rotatable bonds is 5. The third-order valence-electron chi connectivity index (χ3n) is 4.81. The molecule has 7 heteroatoms. The van der Waals surface area contributed by atoms with Gasteiger partial charge >= 0.3 is 0 Å². The van der Waals surface area contributed by atoms with Crippen LogP contribution in [0.25, 0.3) is 0 Å². The van der Waals surface area contributed by atoms with E-state index < -0.39 is 5.54 Å². The lowest BCUT2D eigenvalue weighted by Crippen LogP contribution is -2.57. The zero-order chi connectivity index (χ0) is 15.7. The van der Waals surface area contributed by atoms with Crippen molar-refractivity contribution >= 4 is 17.1 Å². The van der Waals surface area contributed by atoms with Crippen LogP contribution in [0.3, 0.4) is 0 Å². The van der Waals surface area contributed by atoms with Crippen molar-refractivity contribution in [3.05, 3.63) is 15.6 Å². The summed E-state index contributed by atoms with van der Waals surface area (Å²) >= 11 is 1.49. The number of nitrogens with two attached hydrogens (primary N) is 2. The van der Waals surface area contributed by atoms with Crippen LogP contribution >= 0.6 is 11.3 Å². The van der Waals surface area contributed by atoms with Crippen molar-refractivity contribution in [3.63, 3.8) is 0 Å². The van der Waals surface area contributed by atoms with Crippen LogP contribution in [0.1, 0.15) is 39.6 Å². The van der Waals surface area contributed by atoms with Crippen molar-refractivity contribution in [1.29, 1.82) is 0 Å². The Morgan fingerprint density at radius 3 is 3.09 bits per heavy atom. The summed E-state index contributed by atoms with van der Waals surface area (Å²) in [5, 5.41) is 0.540. The van der Waals surface area contributed by atoms with Crippen molar-refractivity contribution in [2.45, 2.75) is 43.8 Å². The Kier molecular flexibility index (Phi) is 4.61. The lowest BCUT2D eigenvalue weighted by atomic mass is 9.90. The minimum Gasteiger partial charge on any atom is -0.383 e. The highest BCUT2D eigenvalue weighted by Crippen LogP contribution is 2.33. The molecule has 2 aliphatic rings. The molecule has 1 saturated carbocycles. The van der Waals surface area contributed by atoms with Gasteiger partial charge in [-0.1, -0.05) is 0 Å². The molecule has 122 valence electrons. The molecule has 1 aliphatic carbocycles. The lowest BCUT2D eigenvalue weighted by Gasteiger charge is -2.25. The van der Waals surface area contributed by atoms with Gasteiger partial charge in [-0.2, -0.15) is 0 Å². The van der Waals surface area contributed by atoms with Gasteiger partial charge in [0.15, 0.2) is 5.01 Å². The van der Waals surface area contributed by atoms with Crippen LogP contribution in [0.15, 0.2) is 0 Å². The van der Waals surface area contributed by atoms with Gasteiger partial charge in [-0.05, 0) is 19.3 Å². The minimum absolute atomic E-state index is 0.0691. The number of thiazole rings is 1. The maximum absolute atomic E-state index is 12.8. The van der Waals surface area contributed by atoms with Gasteiger partial charge in [0, 0.05) is 44.1 Å². The third-order valence-corrected chi connectivity index (χ3v) is 5.89. The van der Waals surface area contributed by atoms with E-state index in [9.17, 15) is 4.79 Å². The fourth-order valence-corrected chi connectivity index (χ4v) is 4.48. The molecule has 4 N–H and O–H groups in total. The molecule has 0 spiro atoms. The molecule has 6 nitrogen and oxygen atoms in total. The highest BCUT2D eigenvalue weighted by Gasteiger charge is 2.45. The molecule has 0 saturated heterocycles.